The molecular weight excluding hydrogens is 382 g/mol. The summed E-state index contributed by atoms with van der Waals surface area (Å²) in [6, 6.07) is 12.5. The molecule has 1 amide bonds. The number of nitrogens with zero attached hydrogens (tertiary/aromatic N) is 2. The summed E-state index contributed by atoms with van der Waals surface area (Å²) >= 11 is 6.38. The van der Waals surface area contributed by atoms with Crippen molar-refractivity contribution < 1.29 is 4.79 Å². The number of amides is 1. The first-order valence-corrected chi connectivity index (χ1v) is 8.67. The van der Waals surface area contributed by atoms with E-state index in [9.17, 15) is 4.79 Å². The number of hydrogen-bond acceptors (Lipinski definition) is 5. The van der Waals surface area contributed by atoms with Crippen LogP contribution in [0, 0.1) is 11.3 Å². The molecule has 0 saturated carbocycles. The van der Waals surface area contributed by atoms with E-state index < -0.39 is 0 Å². The number of carbonyl (C=O) groups is 1. The topological polar surface area (TPSA) is 65.8 Å². The predicted octanol–water partition coefficient (Wildman–Crippen LogP) is 4.76. The Bertz CT molecular complexity index is 879. The molecule has 0 fully saturated rings. The summed E-state index contributed by atoms with van der Waals surface area (Å²) in [7, 11) is 0. The Balaban J connectivity index is 1.77. The molecule has 3 rings (SSSR count). The molecule has 1 N–H and O–H groups in total. The zero-order valence-electron chi connectivity index (χ0n) is 11.0. The lowest BCUT2D eigenvalue weighted by Gasteiger charge is -2.01. The van der Waals surface area contributed by atoms with E-state index in [2.05, 4.69) is 26.2 Å². The number of benzene rings is 1. The van der Waals surface area contributed by atoms with Gasteiger partial charge in [0.2, 0.25) is 0 Å². The van der Waals surface area contributed by atoms with Crippen LogP contribution in [0.15, 0.2) is 45.6 Å². The average Bonchev–Trinajstić information content (AvgIpc) is 3.16. The van der Waals surface area contributed by atoms with Crippen LogP contribution in [0.3, 0.4) is 0 Å². The summed E-state index contributed by atoms with van der Waals surface area (Å²) < 4.78 is 1.04. The number of hydrogen-bond donors (Lipinski definition) is 1. The fourth-order valence-electron chi connectivity index (χ4n) is 1.80. The van der Waals surface area contributed by atoms with Crippen molar-refractivity contribution in [1.82, 2.24) is 4.98 Å². The summed E-state index contributed by atoms with van der Waals surface area (Å²) in [6.07, 6.45) is 0. The van der Waals surface area contributed by atoms with Crippen molar-refractivity contribution in [2.24, 2.45) is 0 Å². The maximum Gasteiger partial charge on any atom is 0.257 e. The number of nitrogens with one attached hydrogen (secondary N) is 1. The second-order valence-corrected chi connectivity index (χ2v) is 7.61. The molecule has 0 aliphatic carbocycles. The van der Waals surface area contributed by atoms with E-state index in [1.807, 2.05) is 23.6 Å². The van der Waals surface area contributed by atoms with E-state index in [1.165, 1.54) is 11.3 Å². The highest BCUT2D eigenvalue weighted by Gasteiger charge is 2.11. The molecule has 108 valence electrons. The SMILES string of the molecule is N#Cc1cccc(C(=O)Nc2nc(-c3ccc(Br)s3)cs2)c1. The van der Waals surface area contributed by atoms with Crippen LogP contribution in [0.4, 0.5) is 5.13 Å². The van der Waals surface area contributed by atoms with Crippen LogP contribution in [0.2, 0.25) is 0 Å². The number of nitriles is 1. The molecule has 2 aromatic heterocycles. The van der Waals surface area contributed by atoms with E-state index in [-0.39, 0.29) is 5.91 Å². The first kappa shape index (κ1) is 14.9. The second kappa shape index (κ2) is 6.40. The molecule has 0 atom stereocenters. The van der Waals surface area contributed by atoms with Crippen LogP contribution < -0.4 is 5.32 Å². The van der Waals surface area contributed by atoms with Gasteiger partial charge in [0, 0.05) is 10.9 Å². The summed E-state index contributed by atoms with van der Waals surface area (Å²) in [4.78, 5) is 17.6. The number of halogens is 1. The van der Waals surface area contributed by atoms with Gasteiger partial charge in [-0.25, -0.2) is 4.98 Å². The standard InChI is InChI=1S/C15H8BrN3OS2/c16-13-5-4-12(22-13)11-8-21-15(18-11)19-14(20)10-3-1-2-9(6-10)7-17/h1-6,8H,(H,18,19,20). The van der Waals surface area contributed by atoms with Gasteiger partial charge in [0.1, 0.15) is 0 Å². The molecule has 0 saturated heterocycles. The monoisotopic (exact) mass is 389 g/mol. The molecule has 0 spiro atoms. The Morgan fingerprint density at radius 1 is 1.32 bits per heavy atom. The van der Waals surface area contributed by atoms with Gasteiger partial charge in [-0.1, -0.05) is 6.07 Å². The molecule has 22 heavy (non-hydrogen) atoms. The minimum Gasteiger partial charge on any atom is -0.298 e. The first-order chi connectivity index (χ1) is 10.7. The molecule has 0 aliphatic heterocycles. The Labute approximate surface area is 143 Å². The fourth-order valence-corrected chi connectivity index (χ4v) is 3.92. The third-order valence-corrected chi connectivity index (χ3v) is 5.21. The van der Waals surface area contributed by atoms with Crippen LogP contribution in [0.5, 0.6) is 0 Å². The largest absolute Gasteiger partial charge is 0.298 e. The van der Waals surface area contributed by atoms with Gasteiger partial charge < -0.3 is 0 Å². The van der Waals surface area contributed by atoms with E-state index in [0.29, 0.717) is 16.3 Å². The normalized spacial score (nSPS) is 10.2. The number of anilines is 1. The number of rotatable bonds is 3. The minimum absolute atomic E-state index is 0.273. The summed E-state index contributed by atoms with van der Waals surface area (Å²) in [5.41, 5.74) is 1.73. The van der Waals surface area contributed by atoms with Crippen molar-refractivity contribution in [1.29, 1.82) is 5.26 Å². The molecule has 0 bridgehead atoms. The zero-order valence-corrected chi connectivity index (χ0v) is 14.3. The third kappa shape index (κ3) is 3.25. The van der Waals surface area contributed by atoms with Gasteiger partial charge in [0.15, 0.2) is 5.13 Å². The molecule has 7 heteroatoms. The minimum atomic E-state index is -0.273. The Hall–Kier alpha value is -2.01. The van der Waals surface area contributed by atoms with Gasteiger partial charge in [0.25, 0.3) is 5.91 Å². The van der Waals surface area contributed by atoms with E-state index in [4.69, 9.17) is 5.26 Å². The number of thiazole rings is 1. The molecule has 3 aromatic rings. The Morgan fingerprint density at radius 2 is 2.18 bits per heavy atom. The smallest absolute Gasteiger partial charge is 0.257 e. The van der Waals surface area contributed by atoms with Gasteiger partial charge in [-0.2, -0.15) is 5.26 Å². The lowest BCUT2D eigenvalue weighted by Crippen LogP contribution is -2.11. The van der Waals surface area contributed by atoms with Crippen molar-refractivity contribution in [3.05, 3.63) is 56.7 Å². The molecule has 2 heterocycles. The van der Waals surface area contributed by atoms with Gasteiger partial charge in [-0.05, 0) is 46.3 Å². The van der Waals surface area contributed by atoms with Crippen LogP contribution in [-0.2, 0) is 0 Å². The quantitative estimate of drug-likeness (QED) is 0.701. The Morgan fingerprint density at radius 3 is 2.91 bits per heavy atom. The first-order valence-electron chi connectivity index (χ1n) is 6.18. The van der Waals surface area contributed by atoms with E-state index in [0.717, 1.165) is 14.4 Å². The third-order valence-electron chi connectivity index (χ3n) is 2.80. The summed E-state index contributed by atoms with van der Waals surface area (Å²) in [6.45, 7) is 0. The van der Waals surface area contributed by atoms with Crippen molar-refractivity contribution in [3.63, 3.8) is 0 Å². The van der Waals surface area contributed by atoms with Crippen molar-refractivity contribution in [3.8, 4) is 16.6 Å². The molecule has 0 unspecified atom stereocenters. The van der Waals surface area contributed by atoms with Crippen LogP contribution >= 0.6 is 38.6 Å². The highest BCUT2D eigenvalue weighted by Crippen LogP contribution is 2.33. The second-order valence-electron chi connectivity index (χ2n) is 4.29. The average molecular weight is 390 g/mol. The van der Waals surface area contributed by atoms with Gasteiger partial charge in [-0.3, -0.25) is 10.1 Å². The maximum atomic E-state index is 12.2. The molecule has 0 radical (unpaired) electrons. The summed E-state index contributed by atoms with van der Waals surface area (Å²) in [5, 5.41) is 14.1. The molecule has 1 aromatic carbocycles. The number of aromatic nitrogens is 1. The van der Waals surface area contributed by atoms with E-state index in [1.54, 1.807) is 35.6 Å². The maximum absolute atomic E-state index is 12.2. The van der Waals surface area contributed by atoms with Gasteiger partial charge in [0.05, 0.1) is 26.0 Å². The lowest BCUT2D eigenvalue weighted by atomic mass is 10.1. The molecule has 4 nitrogen and oxygen atoms in total. The number of carbonyl (C=O) groups excluding carboxylic acids is 1. The molecular formula is C15H8BrN3OS2. The van der Waals surface area contributed by atoms with Crippen molar-refractivity contribution >= 4 is 49.6 Å². The fraction of sp³-hybridized carbons (Fsp3) is 0. The highest BCUT2D eigenvalue weighted by molar-refractivity contribution is 9.11. The van der Waals surface area contributed by atoms with Crippen LogP contribution in [-0.4, -0.2) is 10.9 Å². The lowest BCUT2D eigenvalue weighted by molar-refractivity contribution is 0.102. The van der Waals surface area contributed by atoms with Gasteiger partial charge in [-0.15, -0.1) is 22.7 Å². The van der Waals surface area contributed by atoms with Crippen molar-refractivity contribution in [2.45, 2.75) is 0 Å². The van der Waals surface area contributed by atoms with Crippen LogP contribution in [0.25, 0.3) is 10.6 Å². The highest BCUT2D eigenvalue weighted by atomic mass is 79.9. The van der Waals surface area contributed by atoms with Gasteiger partial charge >= 0.3 is 0 Å². The summed E-state index contributed by atoms with van der Waals surface area (Å²) in [5.74, 6) is -0.273. The predicted molar refractivity (Wildman–Crippen MR) is 92.2 cm³/mol. The molecule has 0 aliphatic rings. The Kier molecular flexibility index (Phi) is 4.34. The van der Waals surface area contributed by atoms with Crippen LogP contribution in [0.1, 0.15) is 15.9 Å². The van der Waals surface area contributed by atoms with Crippen molar-refractivity contribution in [2.75, 3.05) is 5.32 Å². The zero-order chi connectivity index (χ0) is 15.5. The number of thiophene rings is 1. The van der Waals surface area contributed by atoms with E-state index >= 15 is 0 Å².